The van der Waals surface area contributed by atoms with Gasteiger partial charge in [-0.2, -0.15) is 0 Å². The summed E-state index contributed by atoms with van der Waals surface area (Å²) in [6.45, 7) is 25.4. The van der Waals surface area contributed by atoms with Gasteiger partial charge in [0.1, 0.15) is 33.8 Å². The monoisotopic (exact) mass is 1580 g/mol. The number of nitrogens with zero attached hydrogens (tertiary/aromatic N) is 9. The summed E-state index contributed by atoms with van der Waals surface area (Å²) in [5.41, 5.74) is 6.80. The molecular formula is C84H114N12O18. The van der Waals surface area contributed by atoms with Gasteiger partial charge in [0.25, 0.3) is 0 Å². The first-order chi connectivity index (χ1) is 56.0. The number of rotatable bonds is 12. The van der Waals surface area contributed by atoms with E-state index in [0.717, 1.165) is 129 Å². The van der Waals surface area contributed by atoms with Gasteiger partial charge >= 0.3 is 0 Å². The van der Waals surface area contributed by atoms with Gasteiger partial charge in [0.05, 0.1) is 176 Å². The van der Waals surface area contributed by atoms with Crippen LogP contribution in [-0.2, 0) is 96.1 Å². The molecule has 0 radical (unpaired) electrons. The molecule has 114 heavy (non-hydrogen) atoms. The van der Waals surface area contributed by atoms with Gasteiger partial charge in [-0.3, -0.25) is 43.8 Å². The topological polar surface area (TPSA) is 328 Å². The van der Waals surface area contributed by atoms with Crippen LogP contribution >= 0.6 is 0 Å². The van der Waals surface area contributed by atoms with Gasteiger partial charge < -0.3 is 87.1 Å². The lowest BCUT2D eigenvalue weighted by molar-refractivity contribution is 0.00598. The molecule has 0 bridgehead atoms. The quantitative estimate of drug-likeness (QED) is 0.0812. The second-order valence-electron chi connectivity index (χ2n) is 27.6. The number of para-hydroxylation sites is 3. The Labute approximate surface area is 665 Å². The van der Waals surface area contributed by atoms with E-state index >= 15 is 0 Å². The zero-order chi connectivity index (χ0) is 79.3. The summed E-state index contributed by atoms with van der Waals surface area (Å²) < 4.78 is 69.8. The maximum atomic E-state index is 11.6. The molecular weight excluding hydrogens is 1460 g/mol. The molecule has 0 spiro atoms. The van der Waals surface area contributed by atoms with E-state index in [1.54, 1.807) is 36.4 Å². The first-order valence-electron chi connectivity index (χ1n) is 39.6. The lowest BCUT2D eigenvalue weighted by atomic mass is 10.2. The Morgan fingerprint density at radius 2 is 0.430 bits per heavy atom. The van der Waals surface area contributed by atoms with Crippen molar-refractivity contribution in [1.29, 1.82) is 0 Å². The minimum Gasteiger partial charge on any atom is -0.506 e. The van der Waals surface area contributed by atoms with Gasteiger partial charge in [-0.25, -0.2) is 15.0 Å². The number of aromatic hydroxyl groups is 3. The van der Waals surface area contributed by atoms with E-state index in [1.165, 1.54) is 18.2 Å². The number of benzene rings is 3. The Kier molecular flexibility index (Phi) is 39.6. The molecule has 3 aromatic carbocycles. The number of aromatic nitrogens is 6. The predicted molar refractivity (Wildman–Crippen MR) is 433 cm³/mol. The van der Waals surface area contributed by atoms with Crippen LogP contribution in [0.25, 0.3) is 32.7 Å². The molecule has 3 fully saturated rings. The zero-order valence-corrected chi connectivity index (χ0v) is 65.5. The first kappa shape index (κ1) is 87.8. The van der Waals surface area contributed by atoms with Gasteiger partial charge in [0.2, 0.25) is 16.7 Å². The minimum atomic E-state index is -0.101. The van der Waals surface area contributed by atoms with E-state index in [-0.39, 0.29) is 33.9 Å². The second kappa shape index (κ2) is 51.4. The Balaban J connectivity index is 0.000000182. The molecule has 30 heteroatoms. The summed E-state index contributed by atoms with van der Waals surface area (Å²) in [6.07, 6.45) is 0. The maximum absolute atomic E-state index is 11.6. The van der Waals surface area contributed by atoms with Gasteiger partial charge in [0, 0.05) is 169 Å². The van der Waals surface area contributed by atoms with E-state index in [4.69, 9.17) is 56.8 Å². The Bertz CT molecular complexity index is 4150. The van der Waals surface area contributed by atoms with Crippen molar-refractivity contribution >= 4 is 32.7 Å². The normalized spacial score (nSPS) is 18.6. The standard InChI is InChI=1S/C32H40N4O6.C28H38N4O6.C24H36N4O6/c37-29-5-1-3-25-7-9-27(33-31(25)29)23-35-11-15-39-19-21-41-17-13-36(14-18-42-22-20-40-16-12-35)24-28-10-8-26-4-2-6-30(38)32(26)34-28;33-26-5-1-3-23-7-8-25(30-28(23)26)22-32-11-15-37-19-17-35-13-9-31(10-14-36-18-20-38-16-12-32)21-24-4-2-6-27(34)29-24;29-23-5-1-3-21(25-23)19-27-7-11-31-15-17-33-13-9-28(10-14-34-18-16-32-12-8-27)20-22-4-2-6-24(30)26-22/h1-10,37-38H,11-24H2;1-8,33H,9-22H2,(H,29,34);1-6H,7-20H2,(H,25,29)(H,26,30). The molecule has 9 heterocycles. The van der Waals surface area contributed by atoms with Crippen molar-refractivity contribution in [2.24, 2.45) is 0 Å². The van der Waals surface area contributed by atoms with Gasteiger partial charge in [-0.1, -0.05) is 72.8 Å². The third kappa shape index (κ3) is 33.3. The number of hydrogen-bond donors (Lipinski definition) is 6. The minimum absolute atomic E-state index is 0.0999. The van der Waals surface area contributed by atoms with Crippen LogP contribution in [0.2, 0.25) is 0 Å². The van der Waals surface area contributed by atoms with Crippen molar-refractivity contribution in [2.45, 2.75) is 39.3 Å². The lowest BCUT2D eigenvalue weighted by Crippen LogP contribution is -2.33. The van der Waals surface area contributed by atoms with Crippen LogP contribution in [0.1, 0.15) is 34.2 Å². The van der Waals surface area contributed by atoms with Crippen LogP contribution in [0.15, 0.2) is 160 Å². The van der Waals surface area contributed by atoms with E-state index < -0.39 is 0 Å². The third-order valence-electron chi connectivity index (χ3n) is 18.9. The molecule has 3 aliphatic heterocycles. The van der Waals surface area contributed by atoms with Gasteiger partial charge in [-0.15, -0.1) is 0 Å². The summed E-state index contributed by atoms with van der Waals surface area (Å²) in [6, 6.07) is 43.8. The molecule has 6 N–H and O–H groups in total. The number of nitrogens with one attached hydrogen (secondary N) is 3. The maximum Gasteiger partial charge on any atom is 0.248 e. The Morgan fingerprint density at radius 3 is 0.632 bits per heavy atom. The van der Waals surface area contributed by atoms with Crippen LogP contribution in [0.4, 0.5) is 0 Å². The smallest absolute Gasteiger partial charge is 0.248 e. The largest absolute Gasteiger partial charge is 0.506 e. The van der Waals surface area contributed by atoms with Crippen molar-refractivity contribution in [2.75, 3.05) is 237 Å². The van der Waals surface area contributed by atoms with E-state index in [2.05, 4.69) is 59.3 Å². The molecule has 0 aliphatic carbocycles. The predicted octanol–water partition coefficient (Wildman–Crippen LogP) is 6.04. The van der Waals surface area contributed by atoms with Crippen molar-refractivity contribution in [3.63, 3.8) is 0 Å². The summed E-state index contributed by atoms with van der Waals surface area (Å²) in [4.78, 5) is 70.8. The molecule has 3 saturated heterocycles. The highest BCUT2D eigenvalue weighted by Gasteiger charge is 2.17. The molecule has 0 saturated carbocycles. The highest BCUT2D eigenvalue weighted by atomic mass is 16.5. The van der Waals surface area contributed by atoms with Crippen LogP contribution in [0.5, 0.6) is 17.2 Å². The molecule has 12 rings (SSSR count). The molecule has 0 atom stereocenters. The number of fused-ring (bicyclic) bond motifs is 3. The number of H-pyrrole nitrogens is 3. The summed E-state index contributed by atoms with van der Waals surface area (Å²) in [5.74, 6) is 0.567. The van der Waals surface area contributed by atoms with Gasteiger partial charge in [-0.05, 0) is 54.6 Å². The number of hydrogen-bond acceptors (Lipinski definition) is 27. The molecule has 6 aromatic heterocycles. The van der Waals surface area contributed by atoms with E-state index in [1.807, 2.05) is 91.0 Å². The van der Waals surface area contributed by atoms with Crippen molar-refractivity contribution < 1.29 is 72.2 Å². The summed E-state index contributed by atoms with van der Waals surface area (Å²) in [7, 11) is 0. The molecule has 618 valence electrons. The zero-order valence-electron chi connectivity index (χ0n) is 65.5. The van der Waals surface area contributed by atoms with Crippen LogP contribution in [-0.4, -0.2) is 312 Å². The highest BCUT2D eigenvalue weighted by molar-refractivity contribution is 5.85. The van der Waals surface area contributed by atoms with E-state index in [9.17, 15) is 29.7 Å². The third-order valence-corrected chi connectivity index (χ3v) is 18.9. The molecule has 0 unspecified atom stereocenters. The summed E-state index contributed by atoms with van der Waals surface area (Å²) in [5, 5.41) is 33.3. The number of phenols is 3. The average molecular weight is 1580 g/mol. The van der Waals surface area contributed by atoms with Crippen molar-refractivity contribution in [1.82, 2.24) is 59.3 Å². The van der Waals surface area contributed by atoms with Crippen LogP contribution < -0.4 is 16.7 Å². The lowest BCUT2D eigenvalue weighted by Gasteiger charge is -2.23. The fourth-order valence-electron chi connectivity index (χ4n) is 12.8. The fourth-order valence-corrected chi connectivity index (χ4v) is 12.8. The average Bonchev–Trinajstić information content (AvgIpc) is 0.829. The SMILES string of the molecule is O=c1cccc(CN2CCOCCOCCN(Cc3ccc4cccc(O)c4n3)CCOCCOCC2)[nH]1.O=c1cccc(CN2CCOCCOCCN(Cc3cccc(=O)[nH]3)CCOCCOCC2)[nH]1.Oc1cccc2ccc(CN3CCOCCOCCN(Cc4ccc5cccc(O)c5n4)CCOCCOCC3)nc12. The highest BCUT2D eigenvalue weighted by Crippen LogP contribution is 2.26. The van der Waals surface area contributed by atoms with Gasteiger partial charge in [0.15, 0.2) is 0 Å². The summed E-state index contributed by atoms with van der Waals surface area (Å²) >= 11 is 0. The molecule has 30 nitrogen and oxygen atoms in total. The second-order valence-corrected chi connectivity index (χ2v) is 27.6. The van der Waals surface area contributed by atoms with Crippen LogP contribution in [0.3, 0.4) is 0 Å². The Hall–Kier alpha value is -8.58. The Morgan fingerprint density at radius 1 is 0.237 bits per heavy atom. The molecule has 9 aromatic rings. The number of phenolic OH excluding ortho intramolecular Hbond substituents is 3. The van der Waals surface area contributed by atoms with Crippen molar-refractivity contribution in [3.05, 3.63) is 211 Å². The van der Waals surface area contributed by atoms with E-state index in [0.29, 0.717) is 214 Å². The van der Waals surface area contributed by atoms with Crippen molar-refractivity contribution in [3.8, 4) is 17.2 Å². The number of aromatic amines is 3. The molecule has 0 amide bonds. The first-order valence-corrected chi connectivity index (χ1v) is 39.6. The fraction of sp³-hybridized carbons (Fsp3) is 0.500. The van der Waals surface area contributed by atoms with Crippen LogP contribution in [0, 0.1) is 0 Å². The number of pyridine rings is 6. The number of ether oxygens (including phenoxy) is 12. The molecule has 3 aliphatic rings.